The summed E-state index contributed by atoms with van der Waals surface area (Å²) in [6.45, 7) is 0.991. The van der Waals surface area contributed by atoms with E-state index in [4.69, 9.17) is 16.8 Å². The molecule has 0 bridgehead atoms. The predicted octanol–water partition coefficient (Wildman–Crippen LogP) is -0.552. The molecule has 16 heavy (non-hydrogen) atoms. The van der Waals surface area contributed by atoms with Gasteiger partial charge < -0.3 is 5.11 Å². The van der Waals surface area contributed by atoms with Gasteiger partial charge in [0.2, 0.25) is 0 Å². The van der Waals surface area contributed by atoms with Crippen LogP contribution in [0.15, 0.2) is 6.20 Å². The van der Waals surface area contributed by atoms with E-state index in [2.05, 4.69) is 27.6 Å². The van der Waals surface area contributed by atoms with E-state index in [1.54, 1.807) is 10.9 Å². The molecular weight excluding hydrogens is 206 g/mol. The van der Waals surface area contributed by atoms with E-state index in [1.165, 1.54) is 0 Å². The van der Waals surface area contributed by atoms with Crippen molar-refractivity contribution in [3.05, 3.63) is 11.9 Å². The van der Waals surface area contributed by atoms with Crippen molar-refractivity contribution in [2.75, 3.05) is 13.2 Å². The fraction of sp³-hybridized carbons (Fsp3) is 0.500. The lowest BCUT2D eigenvalue weighted by Gasteiger charge is -2.03. The monoisotopic (exact) mass is 219 g/mol. The van der Waals surface area contributed by atoms with Crippen LogP contribution in [0.2, 0.25) is 0 Å². The molecule has 0 saturated heterocycles. The second-order valence-corrected chi connectivity index (χ2v) is 3.13. The predicted molar refractivity (Wildman–Crippen MR) is 56.9 cm³/mol. The minimum absolute atomic E-state index is 0.103. The van der Waals surface area contributed by atoms with E-state index in [1.807, 2.05) is 0 Å². The van der Waals surface area contributed by atoms with Crippen molar-refractivity contribution in [2.45, 2.75) is 19.0 Å². The summed E-state index contributed by atoms with van der Waals surface area (Å²) in [5, 5.41) is 28.1. The largest absolute Gasteiger partial charge is 0.396 e. The molecule has 0 aliphatic rings. The fourth-order valence-corrected chi connectivity index (χ4v) is 1.16. The van der Waals surface area contributed by atoms with Gasteiger partial charge in [0.1, 0.15) is 11.7 Å². The zero-order chi connectivity index (χ0) is 11.8. The highest BCUT2D eigenvalue weighted by atomic mass is 16.3. The van der Waals surface area contributed by atoms with Crippen LogP contribution in [-0.4, -0.2) is 33.3 Å². The van der Waals surface area contributed by atoms with Gasteiger partial charge in [0.15, 0.2) is 0 Å². The molecular formula is C10H13N5O. The fourth-order valence-electron chi connectivity index (χ4n) is 1.16. The summed E-state index contributed by atoms with van der Waals surface area (Å²) in [6, 6.07) is 1.51. The molecule has 2 N–H and O–H groups in total. The normalized spacial score (nSPS) is 11.7. The Hall–Kier alpha value is -1.89. The van der Waals surface area contributed by atoms with E-state index in [0.717, 1.165) is 0 Å². The van der Waals surface area contributed by atoms with Crippen LogP contribution in [-0.2, 0) is 6.54 Å². The number of aryl methyl sites for hydroxylation is 1. The van der Waals surface area contributed by atoms with E-state index in [9.17, 15) is 0 Å². The Morgan fingerprint density at radius 2 is 2.50 bits per heavy atom. The standard InChI is InChI=1S/C10H13N5O/c1-2-4-12-9(7-11)10-8-15(14-13-10)5-3-6-16/h1,8-9,12,16H,3-6H2. The van der Waals surface area contributed by atoms with Gasteiger partial charge in [-0.3, -0.25) is 10.00 Å². The highest BCUT2D eigenvalue weighted by molar-refractivity contribution is 5.11. The van der Waals surface area contributed by atoms with Crippen LogP contribution < -0.4 is 5.32 Å². The lowest BCUT2D eigenvalue weighted by molar-refractivity contribution is 0.276. The number of aliphatic hydroxyl groups excluding tert-OH is 1. The summed E-state index contributed by atoms with van der Waals surface area (Å²) in [5.74, 6) is 2.39. The average Bonchev–Trinajstić information content (AvgIpc) is 2.76. The number of rotatable bonds is 6. The summed E-state index contributed by atoms with van der Waals surface area (Å²) in [6.07, 6.45) is 7.37. The molecule has 1 heterocycles. The molecule has 6 nitrogen and oxygen atoms in total. The smallest absolute Gasteiger partial charge is 0.142 e. The van der Waals surface area contributed by atoms with Gasteiger partial charge in [-0.1, -0.05) is 11.1 Å². The van der Waals surface area contributed by atoms with Gasteiger partial charge in [-0.2, -0.15) is 5.26 Å². The number of nitrogens with zero attached hydrogens (tertiary/aromatic N) is 4. The van der Waals surface area contributed by atoms with Gasteiger partial charge >= 0.3 is 0 Å². The molecule has 1 aromatic heterocycles. The molecule has 0 saturated carbocycles. The van der Waals surface area contributed by atoms with Crippen LogP contribution >= 0.6 is 0 Å². The Bertz CT molecular complexity index is 400. The number of hydrogen-bond acceptors (Lipinski definition) is 5. The first-order valence-electron chi connectivity index (χ1n) is 4.89. The van der Waals surface area contributed by atoms with Crippen LogP contribution in [0.4, 0.5) is 0 Å². The molecule has 1 rings (SSSR count). The molecule has 0 radical (unpaired) electrons. The first-order valence-corrected chi connectivity index (χ1v) is 4.89. The molecule has 0 aliphatic heterocycles. The molecule has 1 aromatic rings. The summed E-state index contributed by atoms with van der Waals surface area (Å²) in [4.78, 5) is 0. The maximum atomic E-state index is 8.89. The lowest BCUT2D eigenvalue weighted by atomic mass is 10.2. The molecule has 0 fully saturated rings. The molecule has 1 atom stereocenters. The molecule has 0 aromatic carbocycles. The Kier molecular flexibility index (Phi) is 5.00. The van der Waals surface area contributed by atoms with Gasteiger partial charge in [0.25, 0.3) is 0 Å². The summed E-state index contributed by atoms with van der Waals surface area (Å²) >= 11 is 0. The Morgan fingerprint density at radius 3 is 3.12 bits per heavy atom. The molecule has 6 heteroatoms. The van der Waals surface area contributed by atoms with Crippen molar-refractivity contribution in [2.24, 2.45) is 0 Å². The van der Waals surface area contributed by atoms with Crippen molar-refractivity contribution in [3.8, 4) is 18.4 Å². The number of aliphatic hydroxyl groups is 1. The van der Waals surface area contributed by atoms with Gasteiger partial charge in [-0.25, -0.2) is 0 Å². The minimum atomic E-state index is -0.543. The van der Waals surface area contributed by atoms with Crippen LogP contribution in [0, 0.1) is 23.7 Å². The van der Waals surface area contributed by atoms with E-state index in [-0.39, 0.29) is 6.61 Å². The second kappa shape index (κ2) is 6.57. The lowest BCUT2D eigenvalue weighted by Crippen LogP contribution is -2.20. The number of nitriles is 1. The van der Waals surface area contributed by atoms with Crippen molar-refractivity contribution >= 4 is 0 Å². The van der Waals surface area contributed by atoms with Crippen LogP contribution in [0.3, 0.4) is 0 Å². The van der Waals surface area contributed by atoms with Crippen LogP contribution in [0.1, 0.15) is 18.2 Å². The molecule has 84 valence electrons. The van der Waals surface area contributed by atoms with E-state index < -0.39 is 6.04 Å². The topological polar surface area (TPSA) is 86.8 Å². The molecule has 1 unspecified atom stereocenters. The number of hydrogen-bond donors (Lipinski definition) is 2. The van der Waals surface area contributed by atoms with Crippen molar-refractivity contribution in [1.29, 1.82) is 5.26 Å². The third kappa shape index (κ3) is 3.35. The van der Waals surface area contributed by atoms with E-state index in [0.29, 0.717) is 25.2 Å². The van der Waals surface area contributed by atoms with E-state index >= 15 is 0 Å². The highest BCUT2D eigenvalue weighted by Crippen LogP contribution is 2.07. The van der Waals surface area contributed by atoms with Crippen LogP contribution in [0.5, 0.6) is 0 Å². The quantitative estimate of drug-likeness (QED) is 0.627. The third-order valence-corrected chi connectivity index (χ3v) is 1.93. The minimum Gasteiger partial charge on any atom is -0.396 e. The first-order chi connectivity index (χ1) is 7.81. The highest BCUT2D eigenvalue weighted by Gasteiger charge is 2.13. The zero-order valence-corrected chi connectivity index (χ0v) is 8.80. The first kappa shape index (κ1) is 12.2. The number of aromatic nitrogens is 3. The Labute approximate surface area is 93.9 Å². The maximum absolute atomic E-state index is 8.89. The van der Waals surface area contributed by atoms with Crippen LogP contribution in [0.25, 0.3) is 0 Å². The second-order valence-electron chi connectivity index (χ2n) is 3.13. The number of terminal acetylenes is 1. The van der Waals surface area contributed by atoms with Crippen molar-refractivity contribution in [3.63, 3.8) is 0 Å². The van der Waals surface area contributed by atoms with Gasteiger partial charge in [0.05, 0.1) is 18.8 Å². The van der Waals surface area contributed by atoms with Crippen molar-refractivity contribution < 1.29 is 5.11 Å². The molecule has 0 amide bonds. The Balaban J connectivity index is 2.61. The molecule has 0 aliphatic carbocycles. The maximum Gasteiger partial charge on any atom is 0.142 e. The van der Waals surface area contributed by atoms with Crippen molar-refractivity contribution in [1.82, 2.24) is 20.3 Å². The SMILES string of the molecule is C#CCNC(C#N)c1cn(CCCO)nn1. The van der Waals surface area contributed by atoms with Gasteiger partial charge in [0, 0.05) is 13.2 Å². The van der Waals surface area contributed by atoms with Gasteiger partial charge in [-0.15, -0.1) is 11.5 Å². The average molecular weight is 219 g/mol. The zero-order valence-electron chi connectivity index (χ0n) is 8.80. The molecule has 0 spiro atoms. The third-order valence-electron chi connectivity index (χ3n) is 1.93. The van der Waals surface area contributed by atoms with Gasteiger partial charge in [-0.05, 0) is 6.42 Å². The summed E-state index contributed by atoms with van der Waals surface area (Å²) in [5.41, 5.74) is 0.538. The summed E-state index contributed by atoms with van der Waals surface area (Å²) < 4.78 is 1.59. The summed E-state index contributed by atoms with van der Waals surface area (Å²) in [7, 11) is 0. The number of nitrogens with one attached hydrogen (secondary N) is 1. The Morgan fingerprint density at radius 1 is 1.69 bits per heavy atom.